The molecule has 2 saturated heterocycles. The second kappa shape index (κ2) is 9.84. The van der Waals surface area contributed by atoms with Crippen LogP contribution in [0.3, 0.4) is 0 Å². The number of piperidine rings is 1. The fourth-order valence-corrected chi connectivity index (χ4v) is 3.82. The molecule has 2 aromatic heterocycles. The molecule has 12 heteroatoms. The zero-order valence-corrected chi connectivity index (χ0v) is 19.9. The van der Waals surface area contributed by atoms with Crippen LogP contribution in [0, 0.1) is 0 Å². The summed E-state index contributed by atoms with van der Waals surface area (Å²) < 4.78 is 17.2. The van der Waals surface area contributed by atoms with E-state index in [-0.39, 0.29) is 24.0 Å². The maximum atomic E-state index is 12.5. The van der Waals surface area contributed by atoms with E-state index in [1.165, 1.54) is 6.20 Å². The summed E-state index contributed by atoms with van der Waals surface area (Å²) >= 11 is 0. The van der Waals surface area contributed by atoms with Gasteiger partial charge >= 0.3 is 6.09 Å². The van der Waals surface area contributed by atoms with Crippen LogP contribution in [0.1, 0.15) is 33.6 Å². The van der Waals surface area contributed by atoms with Crippen molar-refractivity contribution in [3.8, 4) is 17.1 Å². The predicted octanol–water partition coefficient (Wildman–Crippen LogP) is 1.71. The highest BCUT2D eigenvalue weighted by molar-refractivity contribution is 5.72. The van der Waals surface area contributed by atoms with Gasteiger partial charge in [-0.25, -0.2) is 14.8 Å². The minimum atomic E-state index is -0.555. The Kier molecular flexibility index (Phi) is 6.87. The smallest absolute Gasteiger partial charge is 0.410 e. The SMILES string of the molecule is CC(C)(C)OC(=O)N1CCCC(Oc2cc(-c3cnc(N)nc3N)nc(N3CCOCC3)n2)C1. The number of rotatable bonds is 4. The number of anilines is 3. The Morgan fingerprint density at radius 3 is 2.62 bits per heavy atom. The first kappa shape index (κ1) is 23.7. The second-order valence-electron chi connectivity index (χ2n) is 9.33. The number of amides is 1. The lowest BCUT2D eigenvalue weighted by Crippen LogP contribution is -2.46. The van der Waals surface area contributed by atoms with E-state index in [4.69, 9.17) is 25.7 Å². The minimum Gasteiger partial charge on any atom is -0.472 e. The molecule has 4 heterocycles. The molecule has 12 nitrogen and oxygen atoms in total. The molecule has 1 atom stereocenters. The summed E-state index contributed by atoms with van der Waals surface area (Å²) in [4.78, 5) is 33.7. The van der Waals surface area contributed by atoms with Crippen LogP contribution in [0.25, 0.3) is 11.3 Å². The second-order valence-corrected chi connectivity index (χ2v) is 9.33. The first-order chi connectivity index (χ1) is 16.2. The summed E-state index contributed by atoms with van der Waals surface area (Å²) in [6.07, 6.45) is 2.55. The topological polar surface area (TPSA) is 155 Å². The molecule has 0 spiro atoms. The van der Waals surface area contributed by atoms with Crippen LogP contribution in [0.4, 0.5) is 22.5 Å². The fourth-order valence-electron chi connectivity index (χ4n) is 3.82. The zero-order chi connectivity index (χ0) is 24.3. The Balaban J connectivity index is 1.58. The quantitative estimate of drug-likeness (QED) is 0.668. The van der Waals surface area contributed by atoms with Gasteiger partial charge in [0.15, 0.2) is 0 Å². The van der Waals surface area contributed by atoms with Crippen molar-refractivity contribution in [3.63, 3.8) is 0 Å². The molecule has 184 valence electrons. The number of aromatic nitrogens is 4. The number of carbonyl (C=O) groups is 1. The van der Waals surface area contributed by atoms with E-state index >= 15 is 0 Å². The van der Waals surface area contributed by atoms with Gasteiger partial charge < -0.3 is 35.5 Å². The number of likely N-dealkylation sites (tertiary alicyclic amines) is 1. The Labute approximate surface area is 198 Å². The van der Waals surface area contributed by atoms with Gasteiger partial charge in [0.05, 0.1) is 31.0 Å². The van der Waals surface area contributed by atoms with Gasteiger partial charge in [-0.3, -0.25) is 0 Å². The molecule has 4 rings (SSSR count). The maximum Gasteiger partial charge on any atom is 0.410 e. The van der Waals surface area contributed by atoms with Crippen molar-refractivity contribution in [1.82, 2.24) is 24.8 Å². The molecule has 2 fully saturated rings. The zero-order valence-electron chi connectivity index (χ0n) is 19.9. The van der Waals surface area contributed by atoms with Crippen molar-refractivity contribution in [2.24, 2.45) is 0 Å². The van der Waals surface area contributed by atoms with Crippen molar-refractivity contribution in [2.75, 3.05) is 55.8 Å². The van der Waals surface area contributed by atoms with Crippen LogP contribution in [0.15, 0.2) is 12.3 Å². The molecule has 2 aliphatic heterocycles. The largest absolute Gasteiger partial charge is 0.472 e. The van der Waals surface area contributed by atoms with Crippen molar-refractivity contribution in [3.05, 3.63) is 12.3 Å². The molecule has 34 heavy (non-hydrogen) atoms. The van der Waals surface area contributed by atoms with Gasteiger partial charge in [-0.2, -0.15) is 9.97 Å². The number of morpholine rings is 1. The van der Waals surface area contributed by atoms with Crippen LogP contribution in [0.2, 0.25) is 0 Å². The number of nitrogen functional groups attached to an aromatic ring is 2. The molecule has 2 aliphatic rings. The van der Waals surface area contributed by atoms with E-state index in [1.54, 1.807) is 11.0 Å². The van der Waals surface area contributed by atoms with Crippen LogP contribution in [-0.4, -0.2) is 82.0 Å². The standard InChI is InChI=1S/C22H32N8O4/c1-22(2,3)34-21(31)30-6-4-5-14(13-30)33-17-11-16(15-12-25-19(24)28-18(15)23)26-20(27-17)29-7-9-32-10-8-29/h11-12,14H,4-10,13H2,1-3H3,(H4,23,24,25,28). The van der Waals surface area contributed by atoms with Crippen LogP contribution < -0.4 is 21.1 Å². The van der Waals surface area contributed by atoms with E-state index in [1.807, 2.05) is 25.7 Å². The Bertz CT molecular complexity index is 1020. The van der Waals surface area contributed by atoms with E-state index in [9.17, 15) is 4.79 Å². The Hall–Kier alpha value is -3.41. The third-order valence-electron chi connectivity index (χ3n) is 5.41. The highest BCUT2D eigenvalue weighted by atomic mass is 16.6. The van der Waals surface area contributed by atoms with Gasteiger partial charge in [0, 0.05) is 31.9 Å². The number of hydrogen-bond acceptors (Lipinski definition) is 11. The minimum absolute atomic E-state index is 0.0876. The summed E-state index contributed by atoms with van der Waals surface area (Å²) in [6.45, 7) is 9.09. The van der Waals surface area contributed by atoms with E-state index < -0.39 is 5.60 Å². The maximum absolute atomic E-state index is 12.5. The predicted molar refractivity (Wildman–Crippen MR) is 126 cm³/mol. The molecule has 2 aromatic rings. The Morgan fingerprint density at radius 1 is 1.15 bits per heavy atom. The lowest BCUT2D eigenvalue weighted by atomic mass is 10.1. The van der Waals surface area contributed by atoms with Crippen LogP contribution in [0.5, 0.6) is 5.88 Å². The van der Waals surface area contributed by atoms with Crippen molar-refractivity contribution in [2.45, 2.75) is 45.3 Å². The van der Waals surface area contributed by atoms with Crippen LogP contribution >= 0.6 is 0 Å². The molecule has 1 unspecified atom stereocenters. The number of nitrogens with zero attached hydrogens (tertiary/aromatic N) is 6. The van der Waals surface area contributed by atoms with Crippen molar-refractivity contribution >= 4 is 23.8 Å². The van der Waals surface area contributed by atoms with Gasteiger partial charge in [-0.05, 0) is 33.6 Å². The van der Waals surface area contributed by atoms with E-state index in [0.29, 0.717) is 62.5 Å². The molecule has 1 amide bonds. The summed E-state index contributed by atoms with van der Waals surface area (Å²) in [5.74, 6) is 1.20. The molecular weight excluding hydrogens is 440 g/mol. The van der Waals surface area contributed by atoms with E-state index in [0.717, 1.165) is 12.8 Å². The first-order valence-electron chi connectivity index (χ1n) is 11.4. The average Bonchev–Trinajstić information content (AvgIpc) is 2.78. The van der Waals surface area contributed by atoms with Gasteiger partial charge in [0.2, 0.25) is 17.8 Å². The first-order valence-corrected chi connectivity index (χ1v) is 11.4. The summed E-state index contributed by atoms with van der Waals surface area (Å²) in [5, 5.41) is 0. The summed E-state index contributed by atoms with van der Waals surface area (Å²) in [6, 6.07) is 1.71. The molecule has 0 bridgehead atoms. The highest BCUT2D eigenvalue weighted by Crippen LogP contribution is 2.29. The number of ether oxygens (including phenoxy) is 3. The lowest BCUT2D eigenvalue weighted by Gasteiger charge is -2.34. The van der Waals surface area contributed by atoms with Gasteiger partial charge in [-0.1, -0.05) is 0 Å². The molecule has 0 radical (unpaired) electrons. The molecule has 0 aromatic carbocycles. The molecule has 0 saturated carbocycles. The number of hydrogen-bond donors (Lipinski definition) is 2. The van der Waals surface area contributed by atoms with Gasteiger partial charge in [0.1, 0.15) is 17.5 Å². The van der Waals surface area contributed by atoms with Crippen LogP contribution in [-0.2, 0) is 9.47 Å². The molecular formula is C22H32N8O4. The molecule has 4 N–H and O–H groups in total. The normalized spacial score (nSPS) is 19.1. The molecule has 0 aliphatic carbocycles. The number of nitrogens with two attached hydrogens (primary N) is 2. The van der Waals surface area contributed by atoms with Gasteiger partial charge in [0.25, 0.3) is 0 Å². The van der Waals surface area contributed by atoms with Crippen molar-refractivity contribution in [1.29, 1.82) is 0 Å². The summed E-state index contributed by atoms with van der Waals surface area (Å²) in [5.41, 5.74) is 12.3. The Morgan fingerprint density at radius 2 is 1.91 bits per heavy atom. The number of carbonyl (C=O) groups excluding carboxylic acids is 1. The highest BCUT2D eigenvalue weighted by Gasteiger charge is 2.29. The summed E-state index contributed by atoms with van der Waals surface area (Å²) in [7, 11) is 0. The monoisotopic (exact) mass is 472 g/mol. The third kappa shape index (κ3) is 5.93. The van der Waals surface area contributed by atoms with Crippen molar-refractivity contribution < 1.29 is 19.0 Å². The fraction of sp³-hybridized carbons (Fsp3) is 0.591. The van der Waals surface area contributed by atoms with E-state index in [2.05, 4.69) is 19.9 Å². The lowest BCUT2D eigenvalue weighted by molar-refractivity contribution is 0.00721. The third-order valence-corrected chi connectivity index (χ3v) is 5.41. The van der Waals surface area contributed by atoms with Gasteiger partial charge in [-0.15, -0.1) is 0 Å². The average molecular weight is 473 g/mol.